The van der Waals surface area contributed by atoms with Gasteiger partial charge in [-0.25, -0.2) is 4.98 Å². The van der Waals surface area contributed by atoms with E-state index in [1.54, 1.807) is 14.2 Å². The van der Waals surface area contributed by atoms with E-state index in [1.807, 2.05) is 42.5 Å². The van der Waals surface area contributed by atoms with Crippen molar-refractivity contribution < 1.29 is 14.3 Å². The molecule has 0 radical (unpaired) electrons. The molecular weight excluding hydrogens is 462 g/mol. The SMILES string of the molecule is COCCN(CCOC)Cc1c(-c2ccccc2)nc2ccccc2c1C(=O)N[C@@H](C)C1CCCCC1. The lowest BCUT2D eigenvalue weighted by Gasteiger charge is -2.29. The van der Waals surface area contributed by atoms with Crippen molar-refractivity contribution in [2.45, 2.75) is 51.6 Å². The number of ether oxygens (including phenoxy) is 2. The van der Waals surface area contributed by atoms with Crippen LogP contribution >= 0.6 is 0 Å². The number of hydrogen-bond acceptors (Lipinski definition) is 5. The Morgan fingerprint density at radius 3 is 2.30 bits per heavy atom. The number of carbonyl (C=O) groups is 1. The molecule has 1 amide bonds. The zero-order chi connectivity index (χ0) is 26.0. The molecule has 0 spiro atoms. The van der Waals surface area contributed by atoms with Gasteiger partial charge in [-0.15, -0.1) is 0 Å². The topological polar surface area (TPSA) is 63.7 Å². The summed E-state index contributed by atoms with van der Waals surface area (Å²) in [5.41, 5.74) is 4.38. The Labute approximate surface area is 221 Å². The molecule has 0 unspecified atom stereocenters. The fraction of sp³-hybridized carbons (Fsp3) is 0.484. The first-order chi connectivity index (χ1) is 18.1. The van der Waals surface area contributed by atoms with Gasteiger partial charge >= 0.3 is 0 Å². The van der Waals surface area contributed by atoms with Gasteiger partial charge in [-0.3, -0.25) is 9.69 Å². The highest BCUT2D eigenvalue weighted by Crippen LogP contribution is 2.32. The number of fused-ring (bicyclic) bond motifs is 1. The number of nitrogens with one attached hydrogen (secondary N) is 1. The Kier molecular flexibility index (Phi) is 10.1. The molecule has 6 heteroatoms. The smallest absolute Gasteiger partial charge is 0.252 e. The summed E-state index contributed by atoms with van der Waals surface area (Å²) in [6.45, 7) is 5.42. The number of aromatic nitrogens is 1. The Morgan fingerprint density at radius 1 is 0.973 bits per heavy atom. The zero-order valence-corrected chi connectivity index (χ0v) is 22.5. The van der Waals surface area contributed by atoms with E-state index in [0.29, 0.717) is 25.7 Å². The fourth-order valence-electron chi connectivity index (χ4n) is 5.46. The molecular formula is C31H41N3O3. The lowest BCUT2D eigenvalue weighted by atomic mass is 9.84. The van der Waals surface area contributed by atoms with E-state index in [4.69, 9.17) is 14.5 Å². The van der Waals surface area contributed by atoms with Crippen LogP contribution < -0.4 is 5.32 Å². The molecule has 1 heterocycles. The van der Waals surface area contributed by atoms with E-state index in [-0.39, 0.29) is 11.9 Å². The first-order valence-corrected chi connectivity index (χ1v) is 13.6. The maximum absolute atomic E-state index is 14.1. The van der Waals surface area contributed by atoms with Crippen molar-refractivity contribution in [1.82, 2.24) is 15.2 Å². The highest BCUT2D eigenvalue weighted by atomic mass is 16.5. The third-order valence-electron chi connectivity index (χ3n) is 7.59. The molecule has 4 rings (SSSR count). The van der Waals surface area contributed by atoms with E-state index in [2.05, 4.69) is 29.3 Å². The molecule has 1 fully saturated rings. The standard InChI is InChI=1S/C31H41N3O3/c1-23(24-12-6-4-7-13-24)32-31(35)29-26-16-10-11-17-28(26)33-30(25-14-8-5-9-15-25)27(29)22-34(18-20-36-2)19-21-37-3/h5,8-11,14-17,23-24H,4,6-7,12-13,18-22H2,1-3H3,(H,32,35)/t23-/m0/s1. The lowest BCUT2D eigenvalue weighted by Crippen LogP contribution is -2.40. The van der Waals surface area contributed by atoms with Crippen LogP contribution in [0.5, 0.6) is 0 Å². The van der Waals surface area contributed by atoms with Gasteiger partial charge in [0.25, 0.3) is 5.91 Å². The predicted molar refractivity (Wildman–Crippen MR) is 150 cm³/mol. The second-order valence-corrected chi connectivity index (χ2v) is 10.1. The monoisotopic (exact) mass is 503 g/mol. The second-order valence-electron chi connectivity index (χ2n) is 10.1. The molecule has 37 heavy (non-hydrogen) atoms. The minimum absolute atomic E-state index is 0.0118. The van der Waals surface area contributed by atoms with Gasteiger partial charge in [0.2, 0.25) is 0 Å². The summed E-state index contributed by atoms with van der Waals surface area (Å²) in [4.78, 5) is 21.5. The van der Waals surface area contributed by atoms with Gasteiger partial charge in [-0.1, -0.05) is 67.8 Å². The summed E-state index contributed by atoms with van der Waals surface area (Å²) in [6.07, 6.45) is 6.17. The Bertz CT molecular complexity index is 1140. The molecule has 198 valence electrons. The summed E-state index contributed by atoms with van der Waals surface area (Å²) in [6, 6.07) is 18.3. The van der Waals surface area contributed by atoms with Gasteiger partial charge in [0.15, 0.2) is 0 Å². The van der Waals surface area contributed by atoms with E-state index < -0.39 is 0 Å². The van der Waals surface area contributed by atoms with Crippen molar-refractivity contribution in [3.63, 3.8) is 0 Å². The summed E-state index contributed by atoms with van der Waals surface area (Å²) >= 11 is 0. The minimum Gasteiger partial charge on any atom is -0.383 e. The molecule has 0 bridgehead atoms. The number of para-hydroxylation sites is 1. The van der Waals surface area contributed by atoms with Gasteiger partial charge in [-0.2, -0.15) is 0 Å². The molecule has 3 aromatic rings. The van der Waals surface area contributed by atoms with Crippen molar-refractivity contribution in [3.8, 4) is 11.3 Å². The van der Waals surface area contributed by atoms with Crippen molar-refractivity contribution in [2.75, 3.05) is 40.5 Å². The molecule has 1 aliphatic carbocycles. The third-order valence-corrected chi connectivity index (χ3v) is 7.59. The molecule has 2 aromatic carbocycles. The number of carbonyl (C=O) groups excluding carboxylic acids is 1. The van der Waals surface area contributed by atoms with Gasteiger partial charge in [-0.05, 0) is 31.7 Å². The van der Waals surface area contributed by atoms with Crippen LogP contribution in [0.4, 0.5) is 0 Å². The summed E-state index contributed by atoms with van der Waals surface area (Å²) in [5.74, 6) is 0.519. The summed E-state index contributed by atoms with van der Waals surface area (Å²) < 4.78 is 10.8. The van der Waals surface area contributed by atoms with Crippen LogP contribution in [-0.2, 0) is 16.0 Å². The molecule has 1 N–H and O–H groups in total. The lowest BCUT2D eigenvalue weighted by molar-refractivity contribution is 0.0915. The highest BCUT2D eigenvalue weighted by Gasteiger charge is 2.27. The Morgan fingerprint density at radius 2 is 1.62 bits per heavy atom. The molecule has 1 aromatic heterocycles. The number of amides is 1. The largest absolute Gasteiger partial charge is 0.383 e. The van der Waals surface area contributed by atoms with Crippen LogP contribution in [0.3, 0.4) is 0 Å². The number of rotatable bonds is 12. The molecule has 1 atom stereocenters. The molecule has 0 saturated heterocycles. The third kappa shape index (κ3) is 6.95. The molecule has 1 aliphatic rings. The van der Waals surface area contributed by atoms with Crippen LogP contribution in [0.25, 0.3) is 22.2 Å². The maximum Gasteiger partial charge on any atom is 0.252 e. The van der Waals surface area contributed by atoms with Gasteiger partial charge in [0.05, 0.1) is 30.0 Å². The van der Waals surface area contributed by atoms with Crippen molar-refractivity contribution >= 4 is 16.8 Å². The van der Waals surface area contributed by atoms with Crippen LogP contribution in [0, 0.1) is 5.92 Å². The zero-order valence-electron chi connectivity index (χ0n) is 22.5. The second kappa shape index (κ2) is 13.7. The van der Waals surface area contributed by atoms with Crippen LogP contribution in [0.2, 0.25) is 0 Å². The average Bonchev–Trinajstić information content (AvgIpc) is 2.94. The van der Waals surface area contributed by atoms with Crippen LogP contribution in [0.15, 0.2) is 54.6 Å². The number of methoxy groups -OCH3 is 2. The summed E-state index contributed by atoms with van der Waals surface area (Å²) in [7, 11) is 3.43. The number of benzene rings is 2. The summed E-state index contributed by atoms with van der Waals surface area (Å²) in [5, 5.41) is 4.29. The van der Waals surface area contributed by atoms with Gasteiger partial charge < -0.3 is 14.8 Å². The van der Waals surface area contributed by atoms with Crippen molar-refractivity contribution in [3.05, 3.63) is 65.7 Å². The van der Waals surface area contributed by atoms with Crippen molar-refractivity contribution in [2.24, 2.45) is 5.92 Å². The van der Waals surface area contributed by atoms with E-state index in [1.165, 1.54) is 32.1 Å². The minimum atomic E-state index is -0.0118. The number of pyridine rings is 1. The van der Waals surface area contributed by atoms with E-state index in [0.717, 1.165) is 46.4 Å². The quantitative estimate of drug-likeness (QED) is 0.344. The van der Waals surface area contributed by atoms with Crippen LogP contribution in [-0.4, -0.2) is 62.4 Å². The van der Waals surface area contributed by atoms with E-state index >= 15 is 0 Å². The van der Waals surface area contributed by atoms with Gasteiger partial charge in [0, 0.05) is 56.4 Å². The van der Waals surface area contributed by atoms with Crippen LogP contribution in [0.1, 0.15) is 54.9 Å². The fourth-order valence-corrected chi connectivity index (χ4v) is 5.46. The number of hydrogen-bond donors (Lipinski definition) is 1. The Hall–Kier alpha value is -2.80. The number of nitrogens with zero attached hydrogens (tertiary/aromatic N) is 2. The molecule has 1 saturated carbocycles. The normalized spacial score (nSPS) is 15.2. The predicted octanol–water partition coefficient (Wildman–Crippen LogP) is 5.70. The first kappa shape index (κ1) is 27.2. The maximum atomic E-state index is 14.1. The van der Waals surface area contributed by atoms with Crippen molar-refractivity contribution in [1.29, 1.82) is 0 Å². The van der Waals surface area contributed by atoms with Gasteiger partial charge in [0.1, 0.15) is 0 Å². The Balaban J connectivity index is 1.81. The van der Waals surface area contributed by atoms with E-state index in [9.17, 15) is 4.79 Å². The first-order valence-electron chi connectivity index (χ1n) is 13.6. The molecule has 6 nitrogen and oxygen atoms in total. The average molecular weight is 504 g/mol. The highest BCUT2D eigenvalue weighted by molar-refractivity contribution is 6.09. The molecule has 0 aliphatic heterocycles.